The molecule has 0 radical (unpaired) electrons. The van der Waals surface area contributed by atoms with Gasteiger partial charge in [-0.2, -0.15) is 0 Å². The number of urea groups is 1. The number of hydrogen-bond donors (Lipinski definition) is 2. The van der Waals surface area contributed by atoms with Crippen LogP contribution in [0.3, 0.4) is 0 Å². The molecule has 0 saturated carbocycles. The topological polar surface area (TPSA) is 83.6 Å². The predicted octanol–water partition coefficient (Wildman–Crippen LogP) is 4.27. The first kappa shape index (κ1) is 23.6. The summed E-state index contributed by atoms with van der Waals surface area (Å²) in [5.41, 5.74) is 2.79. The zero-order valence-corrected chi connectivity index (χ0v) is 19.3. The van der Waals surface area contributed by atoms with Gasteiger partial charge in [-0.3, -0.25) is 4.98 Å². The largest absolute Gasteiger partial charge is 0.444 e. The number of carbonyl (C=O) groups is 2. The van der Waals surface area contributed by atoms with E-state index < -0.39 is 11.7 Å². The highest BCUT2D eigenvalue weighted by Crippen LogP contribution is 2.21. The SMILES string of the molecule is CC(C)(C)OC(=O)NCc1ccc(CNC(=O)N2CCC(Cc3ccncc3)CC2)cc1. The summed E-state index contributed by atoms with van der Waals surface area (Å²) in [6.45, 7) is 7.96. The summed E-state index contributed by atoms with van der Waals surface area (Å²) in [5.74, 6) is 0.614. The third kappa shape index (κ3) is 7.87. The normalized spacial score (nSPS) is 14.7. The molecule has 2 aromatic rings. The van der Waals surface area contributed by atoms with Gasteiger partial charge in [-0.25, -0.2) is 9.59 Å². The van der Waals surface area contributed by atoms with Crippen LogP contribution in [-0.2, 0) is 24.2 Å². The number of pyridine rings is 1. The summed E-state index contributed by atoms with van der Waals surface area (Å²) in [6, 6.07) is 12.0. The Hall–Kier alpha value is -3.09. The molecule has 0 bridgehead atoms. The van der Waals surface area contributed by atoms with Crippen LogP contribution < -0.4 is 10.6 Å². The number of alkyl carbamates (subject to hydrolysis) is 1. The maximum absolute atomic E-state index is 12.5. The van der Waals surface area contributed by atoms with Gasteiger partial charge in [-0.1, -0.05) is 24.3 Å². The third-order valence-electron chi connectivity index (χ3n) is 5.48. The van der Waals surface area contributed by atoms with Crippen molar-refractivity contribution in [2.45, 2.75) is 58.7 Å². The van der Waals surface area contributed by atoms with Crippen molar-refractivity contribution in [1.29, 1.82) is 0 Å². The Morgan fingerprint density at radius 1 is 0.938 bits per heavy atom. The monoisotopic (exact) mass is 438 g/mol. The number of ether oxygens (including phenoxy) is 1. The van der Waals surface area contributed by atoms with E-state index in [4.69, 9.17) is 4.74 Å². The fraction of sp³-hybridized carbons (Fsp3) is 0.480. The summed E-state index contributed by atoms with van der Waals surface area (Å²) in [6.07, 6.45) is 6.33. The van der Waals surface area contributed by atoms with Gasteiger partial charge in [0, 0.05) is 38.6 Å². The van der Waals surface area contributed by atoms with E-state index in [0.717, 1.165) is 43.5 Å². The van der Waals surface area contributed by atoms with Gasteiger partial charge >= 0.3 is 12.1 Å². The second-order valence-corrected chi connectivity index (χ2v) is 9.32. The number of hydrogen-bond acceptors (Lipinski definition) is 4. The Bertz CT molecular complexity index is 870. The van der Waals surface area contributed by atoms with Gasteiger partial charge < -0.3 is 20.3 Å². The number of nitrogens with zero attached hydrogens (tertiary/aromatic N) is 2. The van der Waals surface area contributed by atoms with Gasteiger partial charge in [0.1, 0.15) is 5.60 Å². The molecule has 0 aliphatic carbocycles. The molecule has 3 amide bonds. The molecule has 3 rings (SSSR count). The summed E-state index contributed by atoms with van der Waals surface area (Å²) in [7, 11) is 0. The summed E-state index contributed by atoms with van der Waals surface area (Å²) in [4.78, 5) is 30.3. The highest BCUT2D eigenvalue weighted by Gasteiger charge is 2.22. The molecule has 1 aromatic heterocycles. The number of carbonyl (C=O) groups excluding carboxylic acids is 2. The molecule has 32 heavy (non-hydrogen) atoms. The van der Waals surface area contributed by atoms with Crippen LogP contribution in [0.15, 0.2) is 48.8 Å². The van der Waals surface area contributed by atoms with Crippen LogP contribution in [0.5, 0.6) is 0 Å². The Kier molecular flexibility index (Phi) is 8.09. The van der Waals surface area contributed by atoms with E-state index in [1.807, 2.05) is 62.3 Å². The second kappa shape index (κ2) is 11.0. The van der Waals surface area contributed by atoms with Crippen LogP contribution in [0.2, 0.25) is 0 Å². The van der Waals surface area contributed by atoms with Crippen LogP contribution in [0, 0.1) is 5.92 Å². The van der Waals surface area contributed by atoms with E-state index in [1.54, 1.807) is 0 Å². The van der Waals surface area contributed by atoms with Crippen molar-refractivity contribution in [2.75, 3.05) is 13.1 Å². The van der Waals surface area contributed by atoms with E-state index >= 15 is 0 Å². The first-order chi connectivity index (χ1) is 15.3. The molecule has 0 atom stereocenters. The molecular formula is C25H34N4O3. The van der Waals surface area contributed by atoms with Crippen LogP contribution in [-0.4, -0.2) is 40.7 Å². The minimum absolute atomic E-state index is 0.0111. The van der Waals surface area contributed by atoms with E-state index in [1.165, 1.54) is 5.56 Å². The molecule has 0 spiro atoms. The average Bonchev–Trinajstić information content (AvgIpc) is 2.77. The van der Waals surface area contributed by atoms with Gasteiger partial charge in [0.2, 0.25) is 0 Å². The maximum atomic E-state index is 12.5. The minimum Gasteiger partial charge on any atom is -0.444 e. The smallest absolute Gasteiger partial charge is 0.407 e. The fourth-order valence-electron chi connectivity index (χ4n) is 3.75. The van der Waals surface area contributed by atoms with Gasteiger partial charge in [0.05, 0.1) is 0 Å². The van der Waals surface area contributed by atoms with Gasteiger partial charge in [0.25, 0.3) is 0 Å². The van der Waals surface area contributed by atoms with Crippen molar-refractivity contribution in [1.82, 2.24) is 20.5 Å². The molecule has 2 N–H and O–H groups in total. The molecule has 7 nitrogen and oxygen atoms in total. The maximum Gasteiger partial charge on any atom is 0.407 e. The summed E-state index contributed by atoms with van der Waals surface area (Å²) in [5, 5.41) is 5.76. The Morgan fingerprint density at radius 2 is 1.50 bits per heavy atom. The van der Waals surface area contributed by atoms with Crippen LogP contribution in [0.1, 0.15) is 50.3 Å². The predicted molar refractivity (Wildman–Crippen MR) is 124 cm³/mol. The molecule has 0 unspecified atom stereocenters. The van der Waals surface area contributed by atoms with Crippen molar-refractivity contribution in [3.8, 4) is 0 Å². The number of likely N-dealkylation sites (tertiary alicyclic amines) is 1. The van der Waals surface area contributed by atoms with Crippen LogP contribution in [0.25, 0.3) is 0 Å². The van der Waals surface area contributed by atoms with E-state index in [-0.39, 0.29) is 6.03 Å². The lowest BCUT2D eigenvalue weighted by molar-refractivity contribution is 0.0523. The summed E-state index contributed by atoms with van der Waals surface area (Å²) < 4.78 is 5.24. The zero-order chi connectivity index (χ0) is 23.0. The Morgan fingerprint density at radius 3 is 2.06 bits per heavy atom. The lowest BCUT2D eigenvalue weighted by Crippen LogP contribution is -2.44. The average molecular weight is 439 g/mol. The van der Waals surface area contributed by atoms with Gasteiger partial charge in [-0.15, -0.1) is 0 Å². The van der Waals surface area contributed by atoms with Crippen molar-refractivity contribution in [3.63, 3.8) is 0 Å². The molecule has 1 fully saturated rings. The van der Waals surface area contributed by atoms with Crippen molar-refractivity contribution in [3.05, 3.63) is 65.5 Å². The van der Waals surface area contributed by atoms with Crippen molar-refractivity contribution < 1.29 is 14.3 Å². The molecule has 1 aromatic carbocycles. The van der Waals surface area contributed by atoms with Crippen LogP contribution in [0.4, 0.5) is 9.59 Å². The van der Waals surface area contributed by atoms with E-state index in [9.17, 15) is 9.59 Å². The fourth-order valence-corrected chi connectivity index (χ4v) is 3.75. The number of aromatic nitrogens is 1. The lowest BCUT2D eigenvalue weighted by atomic mass is 9.90. The molecule has 1 saturated heterocycles. The first-order valence-electron chi connectivity index (χ1n) is 11.2. The second-order valence-electron chi connectivity index (χ2n) is 9.32. The molecule has 1 aliphatic rings. The number of benzene rings is 1. The van der Waals surface area contributed by atoms with E-state index in [2.05, 4.69) is 27.8 Å². The highest BCUT2D eigenvalue weighted by molar-refractivity contribution is 5.74. The van der Waals surface area contributed by atoms with Crippen molar-refractivity contribution >= 4 is 12.1 Å². The standard InChI is InChI=1S/C25H34N4O3/c1-25(2,3)32-24(31)28-18-22-6-4-21(5-7-22)17-27-23(30)29-14-10-20(11-15-29)16-19-8-12-26-13-9-19/h4-9,12-13,20H,10-11,14-18H2,1-3H3,(H,27,30)(H,28,31). The molecule has 172 valence electrons. The van der Waals surface area contributed by atoms with Gasteiger partial charge in [-0.05, 0) is 74.8 Å². The molecular weight excluding hydrogens is 404 g/mol. The highest BCUT2D eigenvalue weighted by atomic mass is 16.6. The molecule has 1 aliphatic heterocycles. The third-order valence-corrected chi connectivity index (χ3v) is 5.48. The molecule has 7 heteroatoms. The number of amides is 3. The van der Waals surface area contributed by atoms with Gasteiger partial charge in [0.15, 0.2) is 0 Å². The van der Waals surface area contributed by atoms with Crippen LogP contribution >= 0.6 is 0 Å². The number of rotatable bonds is 6. The van der Waals surface area contributed by atoms with E-state index in [0.29, 0.717) is 19.0 Å². The first-order valence-corrected chi connectivity index (χ1v) is 11.2. The number of nitrogens with one attached hydrogen (secondary N) is 2. The Balaban J connectivity index is 1.36. The molecule has 2 heterocycles. The summed E-state index contributed by atoms with van der Waals surface area (Å²) >= 11 is 0. The quantitative estimate of drug-likeness (QED) is 0.705. The lowest BCUT2D eigenvalue weighted by Gasteiger charge is -2.32. The minimum atomic E-state index is -0.513. The number of piperidine rings is 1. The zero-order valence-electron chi connectivity index (χ0n) is 19.3. The Labute approximate surface area is 190 Å². The van der Waals surface area contributed by atoms with Crippen molar-refractivity contribution in [2.24, 2.45) is 5.92 Å².